The van der Waals surface area contributed by atoms with Gasteiger partial charge in [0.2, 0.25) is 0 Å². The van der Waals surface area contributed by atoms with Crippen LogP contribution in [0.5, 0.6) is 0 Å². The Hall–Kier alpha value is -2.55. The first kappa shape index (κ1) is 14.9. The largest absolute Gasteiger partial charge is 0.480 e. The number of benzene rings is 1. The minimum absolute atomic E-state index is 0.169. The van der Waals surface area contributed by atoms with Crippen molar-refractivity contribution >= 4 is 17.6 Å². The summed E-state index contributed by atoms with van der Waals surface area (Å²) in [5.41, 5.74) is -1.07. The van der Waals surface area contributed by atoms with Crippen molar-refractivity contribution in [3.8, 4) is 0 Å². The Morgan fingerprint density at radius 2 is 2.10 bits per heavy atom. The lowest BCUT2D eigenvalue weighted by Gasteiger charge is -2.21. The van der Waals surface area contributed by atoms with Crippen LogP contribution in [-0.4, -0.2) is 50.6 Å². The van der Waals surface area contributed by atoms with E-state index in [0.717, 1.165) is 23.1 Å². The number of carboxylic acids is 1. The zero-order valence-electron chi connectivity index (χ0n) is 10.6. The number of hydrogen-bond acceptors (Lipinski definition) is 5. The van der Waals surface area contributed by atoms with Crippen LogP contribution in [0.15, 0.2) is 18.2 Å². The van der Waals surface area contributed by atoms with Crippen LogP contribution in [0.25, 0.3) is 0 Å². The van der Waals surface area contributed by atoms with Gasteiger partial charge in [-0.3, -0.25) is 14.9 Å². The fourth-order valence-electron chi connectivity index (χ4n) is 2.22. The van der Waals surface area contributed by atoms with Crippen molar-refractivity contribution < 1.29 is 29.1 Å². The number of nitro groups is 1. The van der Waals surface area contributed by atoms with Gasteiger partial charge in [-0.1, -0.05) is 0 Å². The van der Waals surface area contributed by atoms with Crippen LogP contribution in [0, 0.1) is 15.9 Å². The molecule has 2 rings (SSSR count). The van der Waals surface area contributed by atoms with Crippen molar-refractivity contribution in [2.75, 3.05) is 6.54 Å². The number of amides is 1. The maximum Gasteiger partial charge on any atom is 0.326 e. The molecule has 0 radical (unpaired) electrons. The van der Waals surface area contributed by atoms with Gasteiger partial charge in [0, 0.05) is 25.1 Å². The molecule has 1 heterocycles. The number of aliphatic carboxylic acids is 1. The predicted molar refractivity (Wildman–Crippen MR) is 66.1 cm³/mol. The first-order chi connectivity index (χ1) is 9.81. The van der Waals surface area contributed by atoms with Crippen LogP contribution in [0.4, 0.5) is 10.1 Å². The molecule has 2 atom stereocenters. The first-order valence-electron chi connectivity index (χ1n) is 5.97. The Morgan fingerprint density at radius 3 is 2.67 bits per heavy atom. The molecule has 9 heteroatoms. The third-order valence-corrected chi connectivity index (χ3v) is 3.22. The summed E-state index contributed by atoms with van der Waals surface area (Å²) in [5.74, 6) is -3.32. The summed E-state index contributed by atoms with van der Waals surface area (Å²) in [4.78, 5) is 33.9. The molecule has 8 nitrogen and oxygen atoms in total. The van der Waals surface area contributed by atoms with Gasteiger partial charge in [-0.05, 0) is 6.07 Å². The number of carboxylic acid groups (broad SMARTS) is 1. The molecule has 1 aromatic carbocycles. The molecule has 112 valence electrons. The lowest BCUT2D eigenvalue weighted by Crippen LogP contribution is -2.41. The smallest absolute Gasteiger partial charge is 0.326 e. The molecule has 1 aliphatic heterocycles. The van der Waals surface area contributed by atoms with E-state index >= 15 is 0 Å². The van der Waals surface area contributed by atoms with Crippen molar-refractivity contribution in [3.05, 3.63) is 39.7 Å². The summed E-state index contributed by atoms with van der Waals surface area (Å²) in [5, 5.41) is 29.1. The quantitative estimate of drug-likeness (QED) is 0.615. The van der Waals surface area contributed by atoms with Gasteiger partial charge in [0.25, 0.3) is 11.6 Å². The molecule has 0 spiro atoms. The lowest BCUT2D eigenvalue weighted by atomic mass is 10.1. The highest BCUT2D eigenvalue weighted by atomic mass is 19.1. The van der Waals surface area contributed by atoms with Crippen molar-refractivity contribution in [3.63, 3.8) is 0 Å². The van der Waals surface area contributed by atoms with Crippen LogP contribution in [0.1, 0.15) is 16.8 Å². The monoisotopic (exact) mass is 298 g/mol. The minimum atomic E-state index is -1.33. The first-order valence-corrected chi connectivity index (χ1v) is 5.97. The Kier molecular flexibility index (Phi) is 3.85. The van der Waals surface area contributed by atoms with Gasteiger partial charge < -0.3 is 15.1 Å². The molecule has 1 unspecified atom stereocenters. The zero-order valence-corrected chi connectivity index (χ0v) is 10.6. The number of aliphatic hydroxyl groups excluding tert-OH is 1. The van der Waals surface area contributed by atoms with E-state index in [2.05, 4.69) is 0 Å². The Labute approximate surface area is 117 Å². The number of hydrogen-bond donors (Lipinski definition) is 2. The van der Waals surface area contributed by atoms with E-state index in [1.807, 2.05) is 0 Å². The SMILES string of the molecule is O=C(O)[C@@H]1CC(O)CN1C(=O)c1cc([N+](=O)[O-])ccc1F. The van der Waals surface area contributed by atoms with E-state index in [-0.39, 0.29) is 13.0 Å². The number of nitro benzene ring substituents is 1. The second-order valence-corrected chi connectivity index (χ2v) is 4.62. The number of halogens is 1. The number of nitrogens with zero attached hydrogens (tertiary/aromatic N) is 2. The van der Waals surface area contributed by atoms with E-state index in [1.165, 1.54) is 0 Å². The van der Waals surface area contributed by atoms with Gasteiger partial charge >= 0.3 is 5.97 Å². The van der Waals surface area contributed by atoms with Crippen molar-refractivity contribution in [2.45, 2.75) is 18.6 Å². The molecule has 1 fully saturated rings. The highest BCUT2D eigenvalue weighted by Crippen LogP contribution is 2.24. The van der Waals surface area contributed by atoms with Crippen molar-refractivity contribution in [1.82, 2.24) is 4.90 Å². The second kappa shape index (κ2) is 5.44. The average Bonchev–Trinajstić information content (AvgIpc) is 2.80. The Bertz CT molecular complexity index is 620. The summed E-state index contributed by atoms with van der Waals surface area (Å²) in [6.45, 7) is -0.266. The number of non-ortho nitro benzene ring substituents is 1. The van der Waals surface area contributed by atoms with E-state index in [1.54, 1.807) is 0 Å². The predicted octanol–water partition coefficient (Wildman–Crippen LogP) is 0.394. The fourth-order valence-corrected chi connectivity index (χ4v) is 2.22. The van der Waals surface area contributed by atoms with Crippen LogP contribution >= 0.6 is 0 Å². The van der Waals surface area contributed by atoms with Gasteiger partial charge in [0.1, 0.15) is 11.9 Å². The standard InChI is InChI=1S/C12H11FN2O6/c13-9-2-1-6(15(20)21)3-8(9)11(17)14-5-7(16)4-10(14)12(18)19/h1-3,7,10,16H,4-5H2,(H,18,19)/t7?,10-/m0/s1. The summed E-state index contributed by atoms with van der Waals surface area (Å²) >= 11 is 0. The van der Waals surface area contributed by atoms with Crippen molar-refractivity contribution in [2.24, 2.45) is 0 Å². The van der Waals surface area contributed by atoms with Gasteiger partial charge in [-0.15, -0.1) is 0 Å². The number of β-amino-alcohol motifs (C(OH)–C–C–N with tert-alkyl or cyclic N) is 1. The summed E-state index contributed by atoms with van der Waals surface area (Å²) in [7, 11) is 0. The summed E-state index contributed by atoms with van der Waals surface area (Å²) in [6, 6.07) is 1.14. The number of carbonyl (C=O) groups is 2. The summed E-state index contributed by atoms with van der Waals surface area (Å²) in [6.07, 6.45) is -1.20. The highest BCUT2D eigenvalue weighted by molar-refractivity contribution is 5.97. The fraction of sp³-hybridized carbons (Fsp3) is 0.333. The van der Waals surface area contributed by atoms with Gasteiger partial charge in [-0.2, -0.15) is 0 Å². The van der Waals surface area contributed by atoms with Crippen LogP contribution in [0.3, 0.4) is 0 Å². The Balaban J connectivity index is 2.37. The average molecular weight is 298 g/mol. The topological polar surface area (TPSA) is 121 Å². The molecule has 0 aliphatic carbocycles. The molecule has 1 amide bonds. The van der Waals surface area contributed by atoms with Gasteiger partial charge in [-0.25, -0.2) is 9.18 Å². The van der Waals surface area contributed by atoms with E-state index in [0.29, 0.717) is 0 Å². The molecule has 0 aromatic heterocycles. The second-order valence-electron chi connectivity index (χ2n) is 4.62. The molecular formula is C12H11FN2O6. The molecule has 21 heavy (non-hydrogen) atoms. The van der Waals surface area contributed by atoms with E-state index < -0.39 is 46.0 Å². The number of rotatable bonds is 3. The maximum atomic E-state index is 13.7. The van der Waals surface area contributed by atoms with Crippen LogP contribution < -0.4 is 0 Å². The molecule has 1 aliphatic rings. The minimum Gasteiger partial charge on any atom is -0.480 e. The molecule has 0 bridgehead atoms. The number of carbonyl (C=O) groups excluding carboxylic acids is 1. The molecule has 1 aromatic rings. The van der Waals surface area contributed by atoms with Gasteiger partial charge in [0.15, 0.2) is 0 Å². The van der Waals surface area contributed by atoms with Gasteiger partial charge in [0.05, 0.1) is 16.6 Å². The lowest BCUT2D eigenvalue weighted by molar-refractivity contribution is -0.384. The third-order valence-electron chi connectivity index (χ3n) is 3.22. The summed E-state index contributed by atoms with van der Waals surface area (Å²) < 4.78 is 13.7. The molecule has 0 saturated carbocycles. The van der Waals surface area contributed by atoms with Crippen molar-refractivity contribution in [1.29, 1.82) is 0 Å². The van der Waals surface area contributed by atoms with Crippen LogP contribution in [0.2, 0.25) is 0 Å². The third kappa shape index (κ3) is 2.82. The molecule has 1 saturated heterocycles. The number of likely N-dealkylation sites (tertiary alicyclic amines) is 1. The maximum absolute atomic E-state index is 13.7. The van der Waals surface area contributed by atoms with E-state index in [4.69, 9.17) is 5.11 Å². The Morgan fingerprint density at radius 1 is 1.43 bits per heavy atom. The number of aliphatic hydroxyl groups is 1. The molecule has 2 N–H and O–H groups in total. The zero-order chi connectivity index (χ0) is 15.7. The highest BCUT2D eigenvalue weighted by Gasteiger charge is 2.40. The van der Waals surface area contributed by atoms with E-state index in [9.17, 15) is 29.2 Å². The van der Waals surface area contributed by atoms with Crippen LogP contribution in [-0.2, 0) is 4.79 Å². The normalized spacial score (nSPS) is 21.3. The molecular weight excluding hydrogens is 287 g/mol.